The maximum atomic E-state index is 12.2. The van der Waals surface area contributed by atoms with Crippen molar-refractivity contribution < 1.29 is 4.79 Å². The van der Waals surface area contributed by atoms with E-state index in [1.807, 2.05) is 0 Å². The van der Waals surface area contributed by atoms with E-state index in [2.05, 4.69) is 11.4 Å². The van der Waals surface area contributed by atoms with Crippen molar-refractivity contribution in [1.82, 2.24) is 4.90 Å². The molecule has 0 unspecified atom stereocenters. The molecule has 19 heavy (non-hydrogen) atoms. The van der Waals surface area contributed by atoms with Crippen molar-refractivity contribution in [2.45, 2.75) is 25.7 Å². The summed E-state index contributed by atoms with van der Waals surface area (Å²) in [5.74, 6) is 0. The minimum atomic E-state index is -0.152. The van der Waals surface area contributed by atoms with E-state index < -0.39 is 0 Å². The van der Waals surface area contributed by atoms with Crippen LogP contribution in [0.3, 0.4) is 0 Å². The number of nitrogens with one attached hydrogen (secondary N) is 1. The highest BCUT2D eigenvalue weighted by Crippen LogP contribution is 2.21. The van der Waals surface area contributed by atoms with E-state index in [0.717, 1.165) is 25.9 Å². The predicted octanol–water partition coefficient (Wildman–Crippen LogP) is 3.62. The summed E-state index contributed by atoms with van der Waals surface area (Å²) in [5.41, 5.74) is 0.900. The summed E-state index contributed by atoms with van der Waals surface area (Å²) in [6.45, 7) is 1.54. The topological polar surface area (TPSA) is 56.1 Å². The summed E-state index contributed by atoms with van der Waals surface area (Å²) >= 11 is 5.89. The number of halogens is 1. The van der Waals surface area contributed by atoms with Crippen molar-refractivity contribution in [3.8, 4) is 6.07 Å². The van der Waals surface area contributed by atoms with E-state index in [9.17, 15) is 4.79 Å². The van der Waals surface area contributed by atoms with Gasteiger partial charge in [-0.3, -0.25) is 0 Å². The first kappa shape index (κ1) is 13.7. The van der Waals surface area contributed by atoms with E-state index in [1.54, 1.807) is 23.1 Å². The number of benzene rings is 1. The van der Waals surface area contributed by atoms with Crippen LogP contribution in [0.1, 0.15) is 31.2 Å². The molecule has 0 saturated carbocycles. The summed E-state index contributed by atoms with van der Waals surface area (Å²) in [5, 5.41) is 12.3. The van der Waals surface area contributed by atoms with E-state index in [-0.39, 0.29) is 6.03 Å². The van der Waals surface area contributed by atoms with E-state index >= 15 is 0 Å². The molecule has 0 aliphatic carbocycles. The standard InChI is InChI=1S/C14H16ClN3O/c15-12-6-5-11(10-16)13(9-12)17-14(19)18-7-3-1-2-4-8-18/h5-6,9H,1-4,7-8H2,(H,17,19). The van der Waals surface area contributed by atoms with Crippen molar-refractivity contribution in [1.29, 1.82) is 5.26 Å². The van der Waals surface area contributed by atoms with Crippen LogP contribution in [0.2, 0.25) is 5.02 Å². The van der Waals surface area contributed by atoms with Crippen LogP contribution in [-0.2, 0) is 0 Å². The number of anilines is 1. The van der Waals surface area contributed by atoms with Crippen molar-refractivity contribution in [3.05, 3.63) is 28.8 Å². The number of nitriles is 1. The number of carbonyl (C=O) groups is 1. The number of likely N-dealkylation sites (tertiary alicyclic amines) is 1. The number of carbonyl (C=O) groups excluding carboxylic acids is 1. The highest BCUT2D eigenvalue weighted by molar-refractivity contribution is 6.31. The Morgan fingerprint density at radius 2 is 1.95 bits per heavy atom. The van der Waals surface area contributed by atoms with E-state index in [1.165, 1.54) is 12.8 Å². The van der Waals surface area contributed by atoms with Crippen LogP contribution >= 0.6 is 11.6 Å². The fraction of sp³-hybridized carbons (Fsp3) is 0.429. The van der Waals surface area contributed by atoms with Gasteiger partial charge >= 0.3 is 6.03 Å². The Morgan fingerprint density at radius 1 is 1.26 bits per heavy atom. The average Bonchev–Trinajstić information content (AvgIpc) is 2.68. The van der Waals surface area contributed by atoms with Gasteiger partial charge < -0.3 is 10.2 Å². The third kappa shape index (κ3) is 3.62. The minimum absolute atomic E-state index is 0.152. The molecule has 100 valence electrons. The summed E-state index contributed by atoms with van der Waals surface area (Å²) in [7, 11) is 0. The zero-order valence-corrected chi connectivity index (χ0v) is 11.4. The number of amides is 2. The van der Waals surface area contributed by atoms with Crippen LogP contribution in [0.4, 0.5) is 10.5 Å². The Kier molecular flexibility index (Phi) is 4.64. The normalized spacial score (nSPS) is 15.5. The van der Waals surface area contributed by atoms with Gasteiger partial charge in [0.25, 0.3) is 0 Å². The second kappa shape index (κ2) is 6.44. The molecule has 0 aromatic heterocycles. The van der Waals surface area contributed by atoms with Gasteiger partial charge in [0.2, 0.25) is 0 Å². The maximum absolute atomic E-state index is 12.2. The Bertz CT molecular complexity index is 502. The molecule has 1 fully saturated rings. The molecule has 4 nitrogen and oxygen atoms in total. The first-order valence-electron chi connectivity index (χ1n) is 6.46. The molecule has 1 saturated heterocycles. The molecule has 0 atom stereocenters. The van der Waals surface area contributed by atoms with Gasteiger partial charge in [-0.15, -0.1) is 0 Å². The molecule has 2 amide bonds. The van der Waals surface area contributed by atoms with Crippen LogP contribution in [0, 0.1) is 11.3 Å². The quantitative estimate of drug-likeness (QED) is 0.852. The Hall–Kier alpha value is -1.73. The van der Waals surface area contributed by atoms with E-state index in [4.69, 9.17) is 16.9 Å². The molecule has 1 heterocycles. The fourth-order valence-electron chi connectivity index (χ4n) is 2.19. The van der Waals surface area contributed by atoms with Crippen LogP contribution in [0.25, 0.3) is 0 Å². The summed E-state index contributed by atoms with van der Waals surface area (Å²) in [6.07, 6.45) is 4.41. The van der Waals surface area contributed by atoms with Crippen molar-refractivity contribution in [2.24, 2.45) is 0 Å². The molecule has 1 N–H and O–H groups in total. The van der Waals surface area contributed by atoms with Crippen molar-refractivity contribution >= 4 is 23.3 Å². The molecule has 1 aromatic rings. The molecular weight excluding hydrogens is 262 g/mol. The molecule has 5 heteroatoms. The lowest BCUT2D eigenvalue weighted by molar-refractivity contribution is 0.214. The van der Waals surface area contributed by atoms with Gasteiger partial charge in [0.1, 0.15) is 6.07 Å². The largest absolute Gasteiger partial charge is 0.325 e. The molecular formula is C14H16ClN3O. The molecule has 1 aliphatic rings. The number of hydrogen-bond donors (Lipinski definition) is 1. The Labute approximate surface area is 118 Å². The highest BCUT2D eigenvalue weighted by atomic mass is 35.5. The smallest absolute Gasteiger partial charge is 0.321 e. The lowest BCUT2D eigenvalue weighted by atomic mass is 10.2. The number of hydrogen-bond acceptors (Lipinski definition) is 2. The zero-order chi connectivity index (χ0) is 13.7. The third-order valence-electron chi connectivity index (χ3n) is 3.24. The number of rotatable bonds is 1. The number of nitrogens with zero attached hydrogens (tertiary/aromatic N) is 2. The first-order valence-corrected chi connectivity index (χ1v) is 6.84. The van der Waals surface area contributed by atoms with Gasteiger partial charge in [-0.05, 0) is 31.0 Å². The van der Waals surface area contributed by atoms with Crippen LogP contribution in [-0.4, -0.2) is 24.0 Å². The van der Waals surface area contributed by atoms with Gasteiger partial charge in [-0.2, -0.15) is 5.26 Å². The summed E-state index contributed by atoms with van der Waals surface area (Å²) < 4.78 is 0. The fourth-order valence-corrected chi connectivity index (χ4v) is 2.36. The van der Waals surface area contributed by atoms with Crippen LogP contribution in [0.5, 0.6) is 0 Å². The first-order chi connectivity index (χ1) is 9.20. The monoisotopic (exact) mass is 277 g/mol. The zero-order valence-electron chi connectivity index (χ0n) is 10.7. The van der Waals surface area contributed by atoms with Gasteiger partial charge in [-0.1, -0.05) is 24.4 Å². The predicted molar refractivity (Wildman–Crippen MR) is 75.2 cm³/mol. The van der Waals surface area contributed by atoms with Crippen molar-refractivity contribution in [3.63, 3.8) is 0 Å². The molecule has 2 rings (SSSR count). The number of urea groups is 1. The lowest BCUT2D eigenvalue weighted by Gasteiger charge is -2.21. The molecule has 0 radical (unpaired) electrons. The second-order valence-electron chi connectivity index (χ2n) is 4.63. The lowest BCUT2D eigenvalue weighted by Crippen LogP contribution is -2.35. The Balaban J connectivity index is 2.09. The van der Waals surface area contributed by atoms with Gasteiger partial charge in [-0.25, -0.2) is 4.79 Å². The minimum Gasteiger partial charge on any atom is -0.325 e. The SMILES string of the molecule is N#Cc1ccc(Cl)cc1NC(=O)N1CCCCCC1. The van der Waals surface area contributed by atoms with Crippen LogP contribution < -0.4 is 5.32 Å². The van der Waals surface area contributed by atoms with Crippen molar-refractivity contribution in [2.75, 3.05) is 18.4 Å². The third-order valence-corrected chi connectivity index (χ3v) is 3.47. The maximum Gasteiger partial charge on any atom is 0.321 e. The van der Waals surface area contributed by atoms with Gasteiger partial charge in [0, 0.05) is 18.1 Å². The summed E-state index contributed by atoms with van der Waals surface area (Å²) in [6, 6.07) is 6.76. The van der Waals surface area contributed by atoms with Gasteiger partial charge in [0.15, 0.2) is 0 Å². The molecule has 0 bridgehead atoms. The average molecular weight is 278 g/mol. The van der Waals surface area contributed by atoms with Crippen LogP contribution in [0.15, 0.2) is 18.2 Å². The molecule has 1 aliphatic heterocycles. The van der Waals surface area contributed by atoms with Gasteiger partial charge in [0.05, 0.1) is 11.3 Å². The van der Waals surface area contributed by atoms with E-state index in [0.29, 0.717) is 16.3 Å². The second-order valence-corrected chi connectivity index (χ2v) is 5.07. The molecule has 0 spiro atoms. The Morgan fingerprint density at radius 3 is 2.58 bits per heavy atom. The highest BCUT2D eigenvalue weighted by Gasteiger charge is 2.16. The molecule has 1 aromatic carbocycles. The summed E-state index contributed by atoms with van der Waals surface area (Å²) in [4.78, 5) is 14.0.